The first kappa shape index (κ1) is 22.1. The lowest BCUT2D eigenvalue weighted by Crippen LogP contribution is -2.24. The minimum absolute atomic E-state index is 0.161. The highest BCUT2D eigenvalue weighted by Gasteiger charge is 2.31. The van der Waals surface area contributed by atoms with Gasteiger partial charge in [-0.15, -0.1) is 0 Å². The van der Waals surface area contributed by atoms with Gasteiger partial charge in [0, 0.05) is 22.2 Å². The smallest absolute Gasteiger partial charge is 0.263 e. The summed E-state index contributed by atoms with van der Waals surface area (Å²) in [6, 6.07) is 26.0. The summed E-state index contributed by atoms with van der Waals surface area (Å²) in [5.74, 6) is 1.61. The SMILES string of the molecule is COc1cccc(N2C(=O)C(=Cc3ccc(-c4cc(Cl)ccc4Cl)o3)C=C2c2ccccc2)c1. The zero-order valence-corrected chi connectivity index (χ0v) is 19.7. The van der Waals surface area contributed by atoms with E-state index >= 15 is 0 Å². The minimum atomic E-state index is -0.161. The van der Waals surface area contributed by atoms with Gasteiger partial charge in [-0.2, -0.15) is 0 Å². The summed E-state index contributed by atoms with van der Waals surface area (Å²) in [6.07, 6.45) is 3.60. The van der Waals surface area contributed by atoms with Gasteiger partial charge in [0.15, 0.2) is 0 Å². The van der Waals surface area contributed by atoms with Crippen molar-refractivity contribution >= 4 is 46.6 Å². The molecule has 0 saturated carbocycles. The number of furan rings is 1. The van der Waals surface area contributed by atoms with Crippen LogP contribution in [0.25, 0.3) is 23.1 Å². The summed E-state index contributed by atoms with van der Waals surface area (Å²) < 4.78 is 11.4. The molecule has 168 valence electrons. The van der Waals surface area contributed by atoms with Crippen molar-refractivity contribution in [2.45, 2.75) is 0 Å². The van der Waals surface area contributed by atoms with E-state index in [0.29, 0.717) is 44.1 Å². The van der Waals surface area contributed by atoms with E-state index in [-0.39, 0.29) is 5.91 Å². The first-order valence-corrected chi connectivity index (χ1v) is 11.3. The van der Waals surface area contributed by atoms with Crippen LogP contribution in [0.5, 0.6) is 5.75 Å². The number of anilines is 1. The van der Waals surface area contributed by atoms with Crippen LogP contribution < -0.4 is 9.64 Å². The van der Waals surface area contributed by atoms with E-state index in [1.54, 1.807) is 42.4 Å². The van der Waals surface area contributed by atoms with E-state index in [4.69, 9.17) is 32.4 Å². The Bertz CT molecular complexity index is 1440. The second-order valence-corrected chi connectivity index (χ2v) is 8.51. The van der Waals surface area contributed by atoms with Crippen LogP contribution in [0.1, 0.15) is 11.3 Å². The third-order valence-electron chi connectivity index (χ3n) is 5.48. The molecule has 0 atom stereocenters. The second-order valence-electron chi connectivity index (χ2n) is 7.66. The summed E-state index contributed by atoms with van der Waals surface area (Å²) >= 11 is 12.4. The third-order valence-corrected chi connectivity index (χ3v) is 6.05. The predicted octanol–water partition coefficient (Wildman–Crippen LogP) is 7.73. The summed E-state index contributed by atoms with van der Waals surface area (Å²) in [4.78, 5) is 15.2. The quantitative estimate of drug-likeness (QED) is 0.270. The molecule has 0 fully saturated rings. The van der Waals surface area contributed by atoms with Crippen molar-refractivity contribution in [3.05, 3.63) is 118 Å². The summed E-state index contributed by atoms with van der Waals surface area (Å²) in [5, 5.41) is 1.09. The molecule has 2 heterocycles. The number of halogens is 2. The van der Waals surface area contributed by atoms with Crippen molar-refractivity contribution in [3.63, 3.8) is 0 Å². The van der Waals surface area contributed by atoms with Gasteiger partial charge in [-0.3, -0.25) is 9.69 Å². The molecule has 0 saturated heterocycles. The molecule has 0 bridgehead atoms. The van der Waals surface area contributed by atoms with Crippen LogP contribution in [0.2, 0.25) is 10.0 Å². The van der Waals surface area contributed by atoms with Crippen molar-refractivity contribution in [1.82, 2.24) is 0 Å². The highest BCUT2D eigenvalue weighted by Crippen LogP contribution is 2.37. The average Bonchev–Trinajstić information content (AvgIpc) is 3.46. The van der Waals surface area contributed by atoms with Gasteiger partial charge in [-0.1, -0.05) is 59.6 Å². The zero-order chi connectivity index (χ0) is 23.7. The molecule has 0 aliphatic carbocycles. The van der Waals surface area contributed by atoms with Crippen LogP contribution in [0.4, 0.5) is 5.69 Å². The van der Waals surface area contributed by atoms with Crippen LogP contribution in [-0.4, -0.2) is 13.0 Å². The molecule has 4 aromatic rings. The molecule has 3 aromatic carbocycles. The molecule has 0 N–H and O–H groups in total. The molecule has 0 radical (unpaired) electrons. The molecular formula is C28H19Cl2NO3. The Labute approximate surface area is 207 Å². The van der Waals surface area contributed by atoms with Crippen LogP contribution in [0.15, 0.2) is 101 Å². The van der Waals surface area contributed by atoms with E-state index in [9.17, 15) is 4.79 Å². The number of rotatable bonds is 5. The molecule has 1 aliphatic rings. The standard InChI is InChI=1S/C28H19Cl2NO3/c1-33-22-9-5-8-21(17-22)31-26(18-6-3-2-4-7-18)15-19(28(31)32)14-23-11-13-27(34-23)24-16-20(29)10-12-25(24)30/h2-17H,1H3. The van der Waals surface area contributed by atoms with Gasteiger partial charge in [-0.05, 0) is 60.2 Å². The number of carbonyl (C=O) groups is 1. The highest BCUT2D eigenvalue weighted by atomic mass is 35.5. The molecule has 0 unspecified atom stereocenters. The fourth-order valence-electron chi connectivity index (χ4n) is 3.86. The van der Waals surface area contributed by atoms with Crippen molar-refractivity contribution in [1.29, 1.82) is 0 Å². The van der Waals surface area contributed by atoms with Gasteiger partial charge < -0.3 is 9.15 Å². The average molecular weight is 488 g/mol. The number of hydrogen-bond acceptors (Lipinski definition) is 3. The Hall–Kier alpha value is -3.73. The van der Waals surface area contributed by atoms with E-state index in [1.165, 1.54) is 0 Å². The van der Waals surface area contributed by atoms with Gasteiger partial charge in [0.2, 0.25) is 0 Å². The van der Waals surface area contributed by atoms with Crippen LogP contribution >= 0.6 is 23.2 Å². The van der Waals surface area contributed by atoms with Gasteiger partial charge >= 0.3 is 0 Å². The summed E-state index contributed by atoms with van der Waals surface area (Å²) in [5.41, 5.74) is 3.60. The van der Waals surface area contributed by atoms with Gasteiger partial charge in [0.1, 0.15) is 17.3 Å². The molecular weight excluding hydrogens is 469 g/mol. The number of methoxy groups -OCH3 is 1. The molecule has 1 amide bonds. The normalized spacial score (nSPS) is 14.6. The second kappa shape index (κ2) is 9.26. The maximum absolute atomic E-state index is 13.6. The number of nitrogens with zero attached hydrogens (tertiary/aromatic N) is 1. The lowest BCUT2D eigenvalue weighted by Gasteiger charge is -2.21. The lowest BCUT2D eigenvalue weighted by atomic mass is 10.1. The molecule has 34 heavy (non-hydrogen) atoms. The van der Waals surface area contributed by atoms with E-state index < -0.39 is 0 Å². The Balaban J connectivity index is 1.56. The lowest BCUT2D eigenvalue weighted by molar-refractivity contribution is -0.113. The number of hydrogen-bond donors (Lipinski definition) is 0. The molecule has 4 nitrogen and oxygen atoms in total. The molecule has 1 aliphatic heterocycles. The monoisotopic (exact) mass is 487 g/mol. The fourth-order valence-corrected chi connectivity index (χ4v) is 4.24. The predicted molar refractivity (Wildman–Crippen MR) is 137 cm³/mol. The van der Waals surface area contributed by atoms with Crippen molar-refractivity contribution in [2.75, 3.05) is 12.0 Å². The van der Waals surface area contributed by atoms with Crippen molar-refractivity contribution in [2.24, 2.45) is 0 Å². The van der Waals surface area contributed by atoms with E-state index in [1.807, 2.05) is 66.7 Å². The number of amides is 1. The van der Waals surface area contributed by atoms with Crippen LogP contribution in [0.3, 0.4) is 0 Å². The number of carbonyl (C=O) groups excluding carboxylic acids is 1. The molecule has 1 aromatic heterocycles. The highest BCUT2D eigenvalue weighted by molar-refractivity contribution is 6.35. The first-order chi connectivity index (χ1) is 16.5. The fraction of sp³-hybridized carbons (Fsp3) is 0.0357. The molecule has 5 rings (SSSR count). The van der Waals surface area contributed by atoms with Crippen LogP contribution in [0, 0.1) is 0 Å². The van der Waals surface area contributed by atoms with Crippen LogP contribution in [-0.2, 0) is 4.79 Å². The topological polar surface area (TPSA) is 42.7 Å². The van der Waals surface area contributed by atoms with Gasteiger partial charge in [-0.25, -0.2) is 0 Å². The molecule has 6 heteroatoms. The summed E-state index contributed by atoms with van der Waals surface area (Å²) in [7, 11) is 1.60. The van der Waals surface area contributed by atoms with E-state index in [2.05, 4.69) is 0 Å². The third kappa shape index (κ3) is 4.26. The Morgan fingerprint density at radius 3 is 2.53 bits per heavy atom. The van der Waals surface area contributed by atoms with E-state index in [0.717, 1.165) is 11.3 Å². The maximum atomic E-state index is 13.6. The first-order valence-electron chi connectivity index (χ1n) is 10.6. The van der Waals surface area contributed by atoms with Crippen molar-refractivity contribution in [3.8, 4) is 17.1 Å². The maximum Gasteiger partial charge on any atom is 0.263 e. The zero-order valence-electron chi connectivity index (χ0n) is 18.2. The Morgan fingerprint density at radius 1 is 0.912 bits per heavy atom. The Morgan fingerprint density at radius 2 is 1.74 bits per heavy atom. The summed E-state index contributed by atoms with van der Waals surface area (Å²) in [6.45, 7) is 0. The van der Waals surface area contributed by atoms with Gasteiger partial charge in [0.25, 0.3) is 5.91 Å². The Kier molecular flexibility index (Phi) is 6.01. The minimum Gasteiger partial charge on any atom is -0.497 e. The number of ether oxygens (including phenoxy) is 1. The number of benzene rings is 3. The molecule has 0 spiro atoms. The largest absolute Gasteiger partial charge is 0.497 e. The van der Waals surface area contributed by atoms with Crippen molar-refractivity contribution < 1.29 is 13.9 Å². The van der Waals surface area contributed by atoms with Gasteiger partial charge in [0.05, 0.1) is 23.5 Å².